The van der Waals surface area contributed by atoms with Crippen LogP contribution in [-0.2, 0) is 0 Å². The van der Waals surface area contributed by atoms with Crippen LogP contribution in [0.5, 0.6) is 0 Å². The molecule has 0 atom stereocenters. The monoisotopic (exact) mass is 305 g/mol. The molecule has 0 aliphatic heterocycles. The molecule has 0 bridgehead atoms. The Kier molecular flexibility index (Phi) is 3.67. The molecule has 2 N–H and O–H groups in total. The highest BCUT2D eigenvalue weighted by Crippen LogP contribution is 2.24. The minimum atomic E-state index is -0.916. The number of hydrogen-bond acceptors (Lipinski definition) is 2. The maximum absolute atomic E-state index is 10.7. The Hall–Kier alpha value is -1.81. The fraction of sp³-hybridized carbons (Fsp3) is 0.0714. The van der Waals surface area contributed by atoms with E-state index in [0.717, 1.165) is 21.4 Å². The van der Waals surface area contributed by atoms with Crippen LogP contribution in [0.2, 0.25) is 0 Å². The van der Waals surface area contributed by atoms with E-state index in [2.05, 4.69) is 21.2 Å². The topological polar surface area (TPSA) is 49.3 Å². The summed E-state index contributed by atoms with van der Waals surface area (Å²) in [5.41, 5.74) is 3.26. The van der Waals surface area contributed by atoms with Crippen LogP contribution < -0.4 is 5.32 Å². The Morgan fingerprint density at radius 3 is 2.44 bits per heavy atom. The van der Waals surface area contributed by atoms with Crippen molar-refractivity contribution in [1.82, 2.24) is 0 Å². The van der Waals surface area contributed by atoms with Crippen molar-refractivity contribution in [3.63, 3.8) is 0 Å². The summed E-state index contributed by atoms with van der Waals surface area (Å²) < 4.78 is 0.998. The molecule has 4 heteroatoms. The van der Waals surface area contributed by atoms with E-state index in [0.29, 0.717) is 0 Å². The van der Waals surface area contributed by atoms with Gasteiger partial charge in [0, 0.05) is 15.8 Å². The summed E-state index contributed by atoms with van der Waals surface area (Å²) in [5, 5.41) is 12.1. The van der Waals surface area contributed by atoms with Gasteiger partial charge in [0.25, 0.3) is 0 Å². The zero-order chi connectivity index (χ0) is 13.1. The summed E-state index contributed by atoms with van der Waals surface area (Å²) in [7, 11) is 0. The second kappa shape index (κ2) is 5.23. The molecule has 0 saturated carbocycles. The Bertz CT molecular complexity index is 579. The summed E-state index contributed by atoms with van der Waals surface area (Å²) in [6, 6.07) is 12.6. The molecule has 3 nitrogen and oxygen atoms in total. The van der Waals surface area contributed by atoms with Crippen LogP contribution in [0.1, 0.15) is 15.9 Å². The minimum Gasteiger partial charge on any atom is -0.478 e. The lowest BCUT2D eigenvalue weighted by Gasteiger charge is -2.10. The Morgan fingerprint density at radius 2 is 1.83 bits per heavy atom. The first-order valence-corrected chi connectivity index (χ1v) is 6.22. The quantitative estimate of drug-likeness (QED) is 0.893. The fourth-order valence-corrected chi connectivity index (χ4v) is 1.94. The van der Waals surface area contributed by atoms with Gasteiger partial charge < -0.3 is 10.4 Å². The molecule has 0 aromatic heterocycles. The van der Waals surface area contributed by atoms with Crippen LogP contribution in [0.4, 0.5) is 11.4 Å². The molecular formula is C14H12BrNO2. The van der Waals surface area contributed by atoms with Crippen LogP contribution in [0.25, 0.3) is 0 Å². The molecule has 0 aliphatic rings. The smallest absolute Gasteiger partial charge is 0.335 e. The third-order valence-corrected chi connectivity index (χ3v) is 3.10. The normalized spacial score (nSPS) is 10.1. The van der Waals surface area contributed by atoms with Crippen LogP contribution in [0.3, 0.4) is 0 Å². The molecule has 2 aromatic rings. The van der Waals surface area contributed by atoms with Gasteiger partial charge in [0.2, 0.25) is 0 Å². The van der Waals surface area contributed by atoms with Gasteiger partial charge in [0.15, 0.2) is 0 Å². The Morgan fingerprint density at radius 1 is 1.17 bits per heavy atom. The molecule has 0 unspecified atom stereocenters. The predicted octanol–water partition coefficient (Wildman–Crippen LogP) is 4.20. The molecule has 0 aliphatic carbocycles. The van der Waals surface area contributed by atoms with Crippen molar-refractivity contribution in [2.24, 2.45) is 0 Å². The molecule has 18 heavy (non-hydrogen) atoms. The SMILES string of the molecule is Cc1ccc(Br)cc1Nc1ccc(C(=O)O)cc1. The van der Waals surface area contributed by atoms with Crippen molar-refractivity contribution in [1.29, 1.82) is 0 Å². The summed E-state index contributed by atoms with van der Waals surface area (Å²) in [6.45, 7) is 2.01. The number of nitrogens with one attached hydrogen (secondary N) is 1. The fourth-order valence-electron chi connectivity index (χ4n) is 1.58. The molecule has 92 valence electrons. The van der Waals surface area contributed by atoms with Crippen molar-refractivity contribution < 1.29 is 9.90 Å². The number of halogens is 1. The first-order chi connectivity index (χ1) is 8.56. The van der Waals surface area contributed by atoms with Crippen LogP contribution in [0.15, 0.2) is 46.9 Å². The van der Waals surface area contributed by atoms with Gasteiger partial charge in [0.1, 0.15) is 0 Å². The van der Waals surface area contributed by atoms with E-state index in [1.807, 2.05) is 25.1 Å². The number of carbonyl (C=O) groups is 1. The zero-order valence-corrected chi connectivity index (χ0v) is 11.4. The number of carboxylic acid groups (broad SMARTS) is 1. The summed E-state index contributed by atoms with van der Waals surface area (Å²) >= 11 is 3.42. The maximum atomic E-state index is 10.7. The highest BCUT2D eigenvalue weighted by atomic mass is 79.9. The number of benzene rings is 2. The Balaban J connectivity index is 2.23. The van der Waals surface area contributed by atoms with Crippen LogP contribution in [0, 0.1) is 6.92 Å². The lowest BCUT2D eigenvalue weighted by molar-refractivity contribution is 0.0697. The molecule has 0 amide bonds. The average molecular weight is 306 g/mol. The molecule has 0 heterocycles. The van der Waals surface area contributed by atoms with E-state index in [-0.39, 0.29) is 5.56 Å². The van der Waals surface area contributed by atoms with Crippen molar-refractivity contribution in [3.8, 4) is 0 Å². The average Bonchev–Trinajstić information content (AvgIpc) is 2.34. The van der Waals surface area contributed by atoms with Gasteiger partial charge in [-0.3, -0.25) is 0 Å². The summed E-state index contributed by atoms with van der Waals surface area (Å²) in [4.78, 5) is 10.7. The summed E-state index contributed by atoms with van der Waals surface area (Å²) in [5.74, 6) is -0.916. The van der Waals surface area contributed by atoms with Crippen molar-refractivity contribution in [3.05, 3.63) is 58.1 Å². The van der Waals surface area contributed by atoms with E-state index in [1.165, 1.54) is 0 Å². The molecule has 2 rings (SSSR count). The van der Waals surface area contributed by atoms with Gasteiger partial charge in [-0.1, -0.05) is 22.0 Å². The van der Waals surface area contributed by atoms with E-state index in [1.54, 1.807) is 24.3 Å². The maximum Gasteiger partial charge on any atom is 0.335 e. The van der Waals surface area contributed by atoms with E-state index in [4.69, 9.17) is 5.11 Å². The predicted molar refractivity (Wildman–Crippen MR) is 75.6 cm³/mol. The first kappa shape index (κ1) is 12.6. The molecule has 0 spiro atoms. The van der Waals surface area contributed by atoms with Crippen molar-refractivity contribution >= 4 is 33.3 Å². The Labute approximate surface area is 114 Å². The molecule has 0 saturated heterocycles. The van der Waals surface area contributed by atoms with E-state index < -0.39 is 5.97 Å². The number of aryl methyl sites for hydroxylation is 1. The zero-order valence-electron chi connectivity index (χ0n) is 9.77. The van der Waals surface area contributed by atoms with Gasteiger partial charge >= 0.3 is 5.97 Å². The van der Waals surface area contributed by atoms with Gasteiger partial charge in [-0.15, -0.1) is 0 Å². The lowest BCUT2D eigenvalue weighted by Crippen LogP contribution is -1.97. The number of carboxylic acids is 1. The largest absolute Gasteiger partial charge is 0.478 e. The summed E-state index contributed by atoms with van der Waals surface area (Å²) in [6.07, 6.45) is 0. The number of anilines is 2. The molecular weight excluding hydrogens is 294 g/mol. The standard InChI is InChI=1S/C14H12BrNO2/c1-9-2-5-11(15)8-13(9)16-12-6-3-10(4-7-12)14(17)18/h2-8,16H,1H3,(H,17,18). The molecule has 0 radical (unpaired) electrons. The van der Waals surface area contributed by atoms with Gasteiger partial charge in [-0.05, 0) is 48.9 Å². The highest BCUT2D eigenvalue weighted by Gasteiger charge is 2.03. The first-order valence-electron chi connectivity index (χ1n) is 5.43. The third-order valence-electron chi connectivity index (χ3n) is 2.61. The number of rotatable bonds is 3. The van der Waals surface area contributed by atoms with Crippen LogP contribution in [-0.4, -0.2) is 11.1 Å². The van der Waals surface area contributed by atoms with Gasteiger partial charge in [-0.2, -0.15) is 0 Å². The number of hydrogen-bond donors (Lipinski definition) is 2. The van der Waals surface area contributed by atoms with Gasteiger partial charge in [0.05, 0.1) is 5.56 Å². The second-order valence-corrected chi connectivity index (χ2v) is 4.88. The van der Waals surface area contributed by atoms with E-state index >= 15 is 0 Å². The second-order valence-electron chi connectivity index (χ2n) is 3.97. The van der Waals surface area contributed by atoms with Crippen molar-refractivity contribution in [2.45, 2.75) is 6.92 Å². The van der Waals surface area contributed by atoms with E-state index in [9.17, 15) is 4.79 Å². The minimum absolute atomic E-state index is 0.284. The number of aromatic carboxylic acids is 1. The van der Waals surface area contributed by atoms with Crippen LogP contribution >= 0.6 is 15.9 Å². The lowest BCUT2D eigenvalue weighted by atomic mass is 10.1. The van der Waals surface area contributed by atoms with Crippen molar-refractivity contribution in [2.75, 3.05) is 5.32 Å². The molecule has 0 fully saturated rings. The highest BCUT2D eigenvalue weighted by molar-refractivity contribution is 9.10. The third kappa shape index (κ3) is 2.90. The van der Waals surface area contributed by atoms with Gasteiger partial charge in [-0.25, -0.2) is 4.79 Å². The molecule has 2 aromatic carbocycles.